The van der Waals surface area contributed by atoms with Gasteiger partial charge in [0.2, 0.25) is 11.4 Å². The summed E-state index contributed by atoms with van der Waals surface area (Å²) in [4.78, 5) is 4.52. The molecule has 4 heterocycles. The lowest BCUT2D eigenvalue weighted by Gasteiger charge is -2.25. The molecule has 0 radical (unpaired) electrons. The summed E-state index contributed by atoms with van der Waals surface area (Å²) in [6.45, 7) is 0. The highest BCUT2D eigenvalue weighted by Crippen LogP contribution is 2.48. The van der Waals surface area contributed by atoms with Gasteiger partial charge in [-0.05, 0) is 72.8 Å². The van der Waals surface area contributed by atoms with Crippen molar-refractivity contribution >= 4 is 94.6 Å². The molecule has 0 unspecified atom stereocenters. The van der Waals surface area contributed by atoms with Gasteiger partial charge in [-0.3, -0.25) is 0 Å². The maximum absolute atomic E-state index is 6.85. The topological polar surface area (TPSA) is 37.2 Å². The summed E-state index contributed by atoms with van der Waals surface area (Å²) in [6.07, 6.45) is 0. The number of aromatic nitrogens is 1. The van der Waals surface area contributed by atoms with E-state index in [0.29, 0.717) is 0 Å². The van der Waals surface area contributed by atoms with E-state index in [2.05, 4.69) is 166 Å². The van der Waals surface area contributed by atoms with Crippen molar-refractivity contribution < 1.29 is 8.83 Å². The highest BCUT2D eigenvalue weighted by molar-refractivity contribution is 6.30. The summed E-state index contributed by atoms with van der Waals surface area (Å²) in [5.41, 5.74) is 10.8. The molecule has 7 aromatic carbocycles. The van der Waals surface area contributed by atoms with E-state index in [9.17, 15) is 0 Å². The van der Waals surface area contributed by atoms with E-state index in [1.54, 1.807) is 0 Å². The minimum atomic E-state index is 0.795. The molecule has 51 heavy (non-hydrogen) atoms. The number of benzene rings is 7. The molecule has 11 rings (SSSR count). The predicted molar refractivity (Wildman–Crippen MR) is 210 cm³/mol. The Kier molecular flexibility index (Phi) is 5.89. The minimum Gasteiger partial charge on any atom is -0.439 e. The first-order valence-electron chi connectivity index (χ1n) is 17.2. The highest BCUT2D eigenvalue weighted by atomic mass is 16.4. The van der Waals surface area contributed by atoms with Crippen LogP contribution in [0.5, 0.6) is 0 Å². The lowest BCUT2D eigenvalue weighted by molar-refractivity contribution is 0.624. The third kappa shape index (κ3) is 4.09. The fraction of sp³-hybridized carbons (Fsp3) is 0. The van der Waals surface area contributed by atoms with Gasteiger partial charge < -0.3 is 18.6 Å². The number of nitrogens with zero attached hydrogens (tertiary/aromatic N) is 3. The van der Waals surface area contributed by atoms with Gasteiger partial charge in [0, 0.05) is 67.8 Å². The molecule has 0 saturated heterocycles. The van der Waals surface area contributed by atoms with Gasteiger partial charge in [0.05, 0.1) is 16.3 Å². The van der Waals surface area contributed by atoms with Crippen molar-refractivity contribution in [3.05, 3.63) is 176 Å². The largest absolute Gasteiger partial charge is 0.439 e. The maximum Gasteiger partial charge on any atom is 0.216 e. The molecular formula is C46H29N3O2. The first-order chi connectivity index (χ1) is 25.3. The van der Waals surface area contributed by atoms with E-state index in [-0.39, 0.29) is 0 Å². The lowest BCUT2D eigenvalue weighted by Crippen LogP contribution is -2.09. The molecule has 0 atom stereocenters. The molecule has 0 aliphatic rings. The molecule has 0 bridgehead atoms. The van der Waals surface area contributed by atoms with E-state index in [1.807, 2.05) is 24.3 Å². The number of hydrogen-bond acceptors (Lipinski definition) is 4. The number of rotatable bonds is 6. The van der Waals surface area contributed by atoms with Crippen LogP contribution in [0.25, 0.3) is 60.4 Å². The quantitative estimate of drug-likeness (QED) is 0.179. The molecule has 4 aromatic heterocycles. The van der Waals surface area contributed by atoms with Crippen molar-refractivity contribution in [1.29, 1.82) is 0 Å². The molecule has 240 valence electrons. The van der Waals surface area contributed by atoms with Crippen LogP contribution in [0.4, 0.5) is 34.1 Å². The second kappa shape index (κ2) is 10.8. The smallest absolute Gasteiger partial charge is 0.216 e. The van der Waals surface area contributed by atoms with Gasteiger partial charge in [0.15, 0.2) is 0 Å². The van der Waals surface area contributed by atoms with Crippen LogP contribution in [-0.2, 0) is 0 Å². The average Bonchev–Trinajstić information content (AvgIpc) is 3.92. The lowest BCUT2D eigenvalue weighted by atomic mass is 10.1. The molecule has 5 nitrogen and oxygen atoms in total. The van der Waals surface area contributed by atoms with Crippen molar-refractivity contribution in [3.8, 4) is 0 Å². The summed E-state index contributed by atoms with van der Waals surface area (Å²) in [5.74, 6) is 0. The Balaban J connectivity index is 1.12. The number of hydrogen-bond donors (Lipinski definition) is 0. The van der Waals surface area contributed by atoms with Crippen LogP contribution in [0, 0.1) is 0 Å². The van der Waals surface area contributed by atoms with Crippen molar-refractivity contribution in [2.75, 3.05) is 9.80 Å². The normalized spacial score (nSPS) is 11.9. The molecular weight excluding hydrogens is 627 g/mol. The van der Waals surface area contributed by atoms with Gasteiger partial charge >= 0.3 is 0 Å². The van der Waals surface area contributed by atoms with Crippen LogP contribution in [0.1, 0.15) is 0 Å². The predicted octanol–water partition coefficient (Wildman–Crippen LogP) is 13.3. The zero-order valence-electron chi connectivity index (χ0n) is 27.4. The van der Waals surface area contributed by atoms with Gasteiger partial charge in [0.1, 0.15) is 11.2 Å². The second-order valence-corrected chi connectivity index (χ2v) is 13.0. The maximum atomic E-state index is 6.85. The number of furan rings is 2. The minimum absolute atomic E-state index is 0.795. The Morgan fingerprint density at radius 2 is 0.706 bits per heavy atom. The first kappa shape index (κ1) is 27.9. The van der Waals surface area contributed by atoms with Gasteiger partial charge in [-0.1, -0.05) is 91.0 Å². The second-order valence-electron chi connectivity index (χ2n) is 13.0. The van der Waals surface area contributed by atoms with Crippen LogP contribution >= 0.6 is 0 Å². The van der Waals surface area contributed by atoms with Crippen LogP contribution in [0.2, 0.25) is 0 Å². The Labute approximate surface area is 292 Å². The van der Waals surface area contributed by atoms with E-state index >= 15 is 0 Å². The molecule has 0 aliphatic carbocycles. The number of anilines is 6. The van der Waals surface area contributed by atoms with Crippen molar-refractivity contribution in [2.24, 2.45) is 0 Å². The van der Waals surface area contributed by atoms with E-state index in [4.69, 9.17) is 8.83 Å². The summed E-state index contributed by atoms with van der Waals surface area (Å²) < 4.78 is 15.9. The van der Waals surface area contributed by atoms with Crippen LogP contribution in [0.3, 0.4) is 0 Å². The number of fused-ring (bicyclic) bond motifs is 10. The Morgan fingerprint density at radius 1 is 0.333 bits per heavy atom. The summed E-state index contributed by atoms with van der Waals surface area (Å²) >= 11 is 0. The third-order valence-corrected chi connectivity index (χ3v) is 10.1. The standard InChI is InChI=1S/C46H29N3O2/c1-5-14-30(15-6-1)47(31-16-7-2-8-17-31)34-24-26-36-40(28-34)50-45-42(36)38-22-13-23-39-43-37-27-25-35(29-41(37)51-46(43)49(45)44(38)39)48(32-18-9-3-10-19-32)33-20-11-4-12-21-33/h1-29H. The van der Waals surface area contributed by atoms with Crippen LogP contribution in [0.15, 0.2) is 185 Å². The molecule has 0 saturated carbocycles. The van der Waals surface area contributed by atoms with Crippen molar-refractivity contribution in [2.45, 2.75) is 0 Å². The molecule has 0 spiro atoms. The van der Waals surface area contributed by atoms with Crippen molar-refractivity contribution in [1.82, 2.24) is 4.40 Å². The zero-order valence-corrected chi connectivity index (χ0v) is 27.4. The van der Waals surface area contributed by atoms with Gasteiger partial charge in [-0.25, -0.2) is 4.40 Å². The fourth-order valence-corrected chi connectivity index (χ4v) is 7.94. The molecule has 0 fully saturated rings. The van der Waals surface area contributed by atoms with Crippen molar-refractivity contribution in [3.63, 3.8) is 0 Å². The first-order valence-corrected chi connectivity index (χ1v) is 17.2. The number of para-hydroxylation sites is 5. The molecule has 5 heteroatoms. The summed E-state index contributed by atoms with van der Waals surface area (Å²) in [7, 11) is 0. The van der Waals surface area contributed by atoms with Gasteiger partial charge in [-0.2, -0.15) is 0 Å². The van der Waals surface area contributed by atoms with Gasteiger partial charge in [-0.15, -0.1) is 0 Å². The Bertz CT molecular complexity index is 2740. The van der Waals surface area contributed by atoms with E-state index < -0.39 is 0 Å². The molecule has 0 N–H and O–H groups in total. The Morgan fingerprint density at radius 3 is 1.08 bits per heavy atom. The summed E-state index contributed by atoms with van der Waals surface area (Å²) in [5, 5.41) is 6.69. The van der Waals surface area contributed by atoms with Gasteiger partial charge in [0.25, 0.3) is 0 Å². The van der Waals surface area contributed by atoms with E-state index in [0.717, 1.165) is 94.6 Å². The highest BCUT2D eigenvalue weighted by Gasteiger charge is 2.26. The van der Waals surface area contributed by atoms with E-state index in [1.165, 1.54) is 0 Å². The molecule has 0 aliphatic heterocycles. The zero-order chi connectivity index (χ0) is 33.5. The monoisotopic (exact) mass is 655 g/mol. The van der Waals surface area contributed by atoms with Crippen LogP contribution < -0.4 is 9.80 Å². The fourth-order valence-electron chi connectivity index (χ4n) is 7.94. The molecule has 11 aromatic rings. The average molecular weight is 656 g/mol. The SMILES string of the molecule is c1ccc(N(c2ccccc2)c2ccc3c(c2)oc2c3c3cccc4c5c6ccc(N(c7ccccc7)c7ccccc7)cc6oc5n2c34)cc1. The summed E-state index contributed by atoms with van der Waals surface area (Å²) in [6, 6.07) is 61.4. The third-order valence-electron chi connectivity index (χ3n) is 10.1. The molecule has 0 amide bonds. The van der Waals surface area contributed by atoms with Crippen LogP contribution in [-0.4, -0.2) is 4.40 Å². The Hall–Kier alpha value is -6.98.